The van der Waals surface area contributed by atoms with E-state index in [1.807, 2.05) is 55.5 Å². The lowest BCUT2D eigenvalue weighted by Crippen LogP contribution is -2.14. The fraction of sp³-hybridized carbons (Fsp3) is 0.176. The predicted molar refractivity (Wildman–Crippen MR) is 89.6 cm³/mol. The van der Waals surface area contributed by atoms with E-state index in [0.29, 0.717) is 18.2 Å². The Balaban J connectivity index is 1.64. The van der Waals surface area contributed by atoms with Crippen molar-refractivity contribution < 1.29 is 9.53 Å². The molecule has 0 unspecified atom stereocenters. The van der Waals surface area contributed by atoms with E-state index in [-0.39, 0.29) is 5.91 Å². The highest BCUT2D eigenvalue weighted by Gasteiger charge is 2.08. The highest BCUT2D eigenvalue weighted by atomic mass is 32.1. The number of fused-ring (bicyclic) bond motifs is 1. The van der Waals surface area contributed by atoms with E-state index in [4.69, 9.17) is 4.74 Å². The molecule has 112 valence electrons. The number of ether oxygens (including phenoxy) is 1. The first-order valence-corrected chi connectivity index (χ1v) is 7.93. The first kappa shape index (κ1) is 14.5. The molecule has 0 fully saturated rings. The molecule has 1 amide bonds. The monoisotopic (exact) mass is 312 g/mol. The number of carbonyl (C=O) groups excluding carboxylic acids is 1. The third-order valence-corrected chi connectivity index (χ3v) is 4.09. The summed E-state index contributed by atoms with van der Waals surface area (Å²) >= 11 is 1.48. The van der Waals surface area contributed by atoms with Gasteiger partial charge in [0, 0.05) is 0 Å². The van der Waals surface area contributed by atoms with Gasteiger partial charge in [-0.2, -0.15) is 0 Å². The molecule has 0 saturated heterocycles. The zero-order chi connectivity index (χ0) is 15.4. The fourth-order valence-corrected chi connectivity index (χ4v) is 3.03. The third-order valence-electron chi connectivity index (χ3n) is 3.14. The van der Waals surface area contributed by atoms with Crippen LogP contribution in [0.3, 0.4) is 0 Å². The van der Waals surface area contributed by atoms with Crippen LogP contribution in [0.5, 0.6) is 5.75 Å². The Morgan fingerprint density at radius 1 is 1.18 bits per heavy atom. The number of aromatic nitrogens is 1. The molecule has 0 atom stereocenters. The van der Waals surface area contributed by atoms with Gasteiger partial charge in [0.1, 0.15) is 5.75 Å². The van der Waals surface area contributed by atoms with Gasteiger partial charge in [-0.25, -0.2) is 4.98 Å². The molecule has 0 bridgehead atoms. The Labute approximate surface area is 132 Å². The lowest BCUT2D eigenvalue weighted by molar-refractivity contribution is -0.115. The number of rotatable bonds is 5. The second kappa shape index (κ2) is 6.58. The molecule has 1 N–H and O–H groups in total. The van der Waals surface area contributed by atoms with Crippen molar-refractivity contribution in [3.05, 3.63) is 54.1 Å². The first-order chi connectivity index (χ1) is 10.7. The molecule has 0 aliphatic heterocycles. The van der Waals surface area contributed by atoms with Crippen LogP contribution in [0.25, 0.3) is 10.2 Å². The summed E-state index contributed by atoms with van der Waals surface area (Å²) in [6, 6.07) is 15.4. The minimum absolute atomic E-state index is 0.0665. The molecule has 0 radical (unpaired) electrons. The SMILES string of the molecule is CCOc1ccc(CC(=O)Nc2nc3ccccc3s2)cc1. The lowest BCUT2D eigenvalue weighted by atomic mass is 10.1. The number of hydrogen-bond acceptors (Lipinski definition) is 4. The summed E-state index contributed by atoms with van der Waals surface area (Å²) in [6.45, 7) is 2.58. The van der Waals surface area contributed by atoms with Crippen LogP contribution in [-0.4, -0.2) is 17.5 Å². The Morgan fingerprint density at radius 2 is 1.95 bits per heavy atom. The Morgan fingerprint density at radius 3 is 2.68 bits per heavy atom. The molecule has 0 spiro atoms. The van der Waals surface area contributed by atoms with Crippen molar-refractivity contribution >= 4 is 32.6 Å². The molecule has 1 aromatic heterocycles. The van der Waals surface area contributed by atoms with Crippen LogP contribution < -0.4 is 10.1 Å². The van der Waals surface area contributed by atoms with Crippen molar-refractivity contribution in [2.75, 3.05) is 11.9 Å². The van der Waals surface area contributed by atoms with Crippen molar-refractivity contribution in [1.82, 2.24) is 4.98 Å². The molecule has 2 aromatic carbocycles. The molecule has 0 saturated carbocycles. The number of carbonyl (C=O) groups is 1. The Kier molecular flexibility index (Phi) is 4.34. The molecule has 3 aromatic rings. The normalized spacial score (nSPS) is 10.6. The number of nitrogens with one attached hydrogen (secondary N) is 1. The van der Waals surface area contributed by atoms with Gasteiger partial charge in [-0.1, -0.05) is 35.6 Å². The standard InChI is InChI=1S/C17H16N2O2S/c1-2-21-13-9-7-12(8-10-13)11-16(20)19-17-18-14-5-3-4-6-15(14)22-17/h3-10H,2,11H2,1H3,(H,18,19,20). The lowest BCUT2D eigenvalue weighted by Gasteiger charge is -2.05. The maximum Gasteiger partial charge on any atom is 0.230 e. The van der Waals surface area contributed by atoms with E-state index in [9.17, 15) is 4.79 Å². The van der Waals surface area contributed by atoms with Crippen LogP contribution in [0, 0.1) is 0 Å². The predicted octanol–water partition coefficient (Wildman–Crippen LogP) is 3.88. The minimum Gasteiger partial charge on any atom is -0.494 e. The summed E-state index contributed by atoms with van der Waals surface area (Å²) in [5, 5.41) is 3.49. The molecule has 3 rings (SSSR count). The highest BCUT2D eigenvalue weighted by molar-refractivity contribution is 7.22. The number of nitrogens with zero attached hydrogens (tertiary/aromatic N) is 1. The number of thiazole rings is 1. The summed E-state index contributed by atoms with van der Waals surface area (Å²) in [6.07, 6.45) is 0.322. The minimum atomic E-state index is -0.0665. The van der Waals surface area contributed by atoms with Crippen molar-refractivity contribution in [1.29, 1.82) is 0 Å². The van der Waals surface area contributed by atoms with Gasteiger partial charge in [-0.05, 0) is 36.8 Å². The summed E-state index contributed by atoms with van der Waals surface area (Å²) in [7, 11) is 0. The van der Waals surface area contributed by atoms with E-state index >= 15 is 0 Å². The van der Waals surface area contributed by atoms with Crippen LogP contribution >= 0.6 is 11.3 Å². The fourth-order valence-electron chi connectivity index (χ4n) is 2.14. The quantitative estimate of drug-likeness (QED) is 0.778. The second-order valence-electron chi connectivity index (χ2n) is 4.79. The van der Waals surface area contributed by atoms with Crippen molar-refractivity contribution in [2.45, 2.75) is 13.3 Å². The largest absolute Gasteiger partial charge is 0.494 e. The average Bonchev–Trinajstić information content (AvgIpc) is 2.91. The van der Waals surface area contributed by atoms with Crippen LogP contribution in [0.1, 0.15) is 12.5 Å². The van der Waals surface area contributed by atoms with E-state index < -0.39 is 0 Å². The summed E-state index contributed by atoms with van der Waals surface area (Å²) < 4.78 is 6.45. The van der Waals surface area contributed by atoms with Gasteiger partial charge in [0.15, 0.2) is 5.13 Å². The topological polar surface area (TPSA) is 51.2 Å². The molecular weight excluding hydrogens is 296 g/mol. The van der Waals surface area contributed by atoms with Crippen molar-refractivity contribution in [2.24, 2.45) is 0 Å². The molecule has 4 nitrogen and oxygen atoms in total. The molecule has 22 heavy (non-hydrogen) atoms. The van der Waals surface area contributed by atoms with Crippen LogP contribution in [0.4, 0.5) is 5.13 Å². The zero-order valence-corrected chi connectivity index (χ0v) is 13.0. The molecule has 5 heteroatoms. The van der Waals surface area contributed by atoms with Gasteiger partial charge >= 0.3 is 0 Å². The average molecular weight is 312 g/mol. The van der Waals surface area contributed by atoms with Crippen LogP contribution in [0.15, 0.2) is 48.5 Å². The zero-order valence-electron chi connectivity index (χ0n) is 12.2. The van der Waals surface area contributed by atoms with E-state index in [2.05, 4.69) is 10.3 Å². The van der Waals surface area contributed by atoms with Gasteiger partial charge in [0.05, 0.1) is 23.2 Å². The van der Waals surface area contributed by atoms with Gasteiger partial charge in [-0.15, -0.1) is 0 Å². The molecule has 1 heterocycles. The third kappa shape index (κ3) is 3.43. The summed E-state index contributed by atoms with van der Waals surface area (Å²) in [5.41, 5.74) is 1.85. The smallest absolute Gasteiger partial charge is 0.230 e. The Hall–Kier alpha value is -2.40. The van der Waals surface area contributed by atoms with Gasteiger partial charge in [0.2, 0.25) is 5.91 Å². The van der Waals surface area contributed by atoms with Crippen molar-refractivity contribution in [3.8, 4) is 5.75 Å². The van der Waals surface area contributed by atoms with Crippen molar-refractivity contribution in [3.63, 3.8) is 0 Å². The van der Waals surface area contributed by atoms with Crippen LogP contribution in [0.2, 0.25) is 0 Å². The molecule has 0 aliphatic rings. The Bertz CT molecular complexity index is 748. The van der Waals surface area contributed by atoms with E-state index in [0.717, 1.165) is 21.5 Å². The van der Waals surface area contributed by atoms with Gasteiger partial charge in [0.25, 0.3) is 0 Å². The van der Waals surface area contributed by atoms with E-state index in [1.54, 1.807) is 0 Å². The highest BCUT2D eigenvalue weighted by Crippen LogP contribution is 2.25. The number of para-hydroxylation sites is 1. The molecule has 0 aliphatic carbocycles. The maximum atomic E-state index is 12.1. The van der Waals surface area contributed by atoms with Gasteiger partial charge < -0.3 is 10.1 Å². The summed E-state index contributed by atoms with van der Waals surface area (Å²) in [5.74, 6) is 0.751. The first-order valence-electron chi connectivity index (χ1n) is 7.12. The number of anilines is 1. The number of benzene rings is 2. The van der Waals surface area contributed by atoms with E-state index in [1.165, 1.54) is 11.3 Å². The summed E-state index contributed by atoms with van der Waals surface area (Å²) in [4.78, 5) is 16.5. The number of hydrogen-bond donors (Lipinski definition) is 1. The second-order valence-corrected chi connectivity index (χ2v) is 5.82. The molecular formula is C17H16N2O2S. The van der Waals surface area contributed by atoms with Gasteiger partial charge in [-0.3, -0.25) is 4.79 Å². The van der Waals surface area contributed by atoms with Crippen LogP contribution in [-0.2, 0) is 11.2 Å². The number of amides is 1. The maximum absolute atomic E-state index is 12.1.